The Labute approximate surface area is 148 Å². The smallest absolute Gasteiger partial charge is 0.248 e. The second-order valence-electron chi connectivity index (χ2n) is 6.34. The van der Waals surface area contributed by atoms with Gasteiger partial charge in [-0.25, -0.2) is 23.3 Å². The molecule has 2 atom stereocenters. The van der Waals surface area contributed by atoms with Crippen LogP contribution in [0.1, 0.15) is 43.8 Å². The van der Waals surface area contributed by atoms with E-state index in [0.29, 0.717) is 24.4 Å². The summed E-state index contributed by atoms with van der Waals surface area (Å²) in [6.07, 6.45) is 3.19. The zero-order chi connectivity index (χ0) is 18.0. The van der Waals surface area contributed by atoms with E-state index >= 15 is 0 Å². The van der Waals surface area contributed by atoms with Crippen molar-refractivity contribution in [2.75, 3.05) is 18.9 Å². The van der Waals surface area contributed by atoms with Crippen LogP contribution in [0.4, 0.5) is 14.7 Å². The average molecular weight is 376 g/mol. The maximum Gasteiger partial charge on any atom is 0.248 e. The number of aliphatic hydroxyl groups is 1. The molecule has 10 heteroatoms. The summed E-state index contributed by atoms with van der Waals surface area (Å²) in [5.41, 5.74) is 5.97. The van der Waals surface area contributed by atoms with Gasteiger partial charge in [0.25, 0.3) is 0 Å². The van der Waals surface area contributed by atoms with Crippen molar-refractivity contribution in [3.63, 3.8) is 0 Å². The molecule has 0 radical (unpaired) electrons. The Morgan fingerprint density at radius 2 is 2.20 bits per heavy atom. The molecule has 2 unspecified atom stereocenters. The van der Waals surface area contributed by atoms with Gasteiger partial charge in [0.05, 0.1) is 18.9 Å². The summed E-state index contributed by atoms with van der Waals surface area (Å²) < 4.78 is 32.8. The molecule has 0 amide bonds. The first-order valence-electron chi connectivity index (χ1n) is 8.16. The number of imidazole rings is 1. The lowest BCUT2D eigenvalue weighted by Crippen LogP contribution is -2.21. The first-order valence-corrected chi connectivity index (χ1v) is 8.54. The third kappa shape index (κ3) is 4.34. The van der Waals surface area contributed by atoms with Crippen LogP contribution in [-0.4, -0.2) is 49.9 Å². The van der Waals surface area contributed by atoms with Crippen LogP contribution in [-0.2, 0) is 4.74 Å². The van der Waals surface area contributed by atoms with Crippen LogP contribution in [0, 0.1) is 0 Å². The number of anilines is 1. The van der Waals surface area contributed by atoms with Gasteiger partial charge in [-0.05, 0) is 19.3 Å². The van der Waals surface area contributed by atoms with Crippen molar-refractivity contribution >= 4 is 23.1 Å². The molecule has 0 spiro atoms. The fraction of sp³-hybridized carbons (Fsp3) is 0.667. The molecule has 1 saturated carbocycles. The average Bonchev–Trinajstić information content (AvgIpc) is 3.08. The number of aromatic nitrogens is 4. The number of aliphatic hydroxyl groups excluding tert-OH is 1. The first-order chi connectivity index (χ1) is 11.9. The SMILES string of the molecule is Nc1ncc2c(Cl)nc(C3CCC(F)(F)C3)n2n1.OC1CCCOC1. The molecule has 2 aliphatic rings. The predicted octanol–water partition coefficient (Wildman–Crippen LogP) is 2.42. The number of alkyl halides is 2. The molecule has 3 heterocycles. The fourth-order valence-corrected chi connectivity index (χ4v) is 3.26. The second-order valence-corrected chi connectivity index (χ2v) is 6.70. The van der Waals surface area contributed by atoms with E-state index in [0.717, 1.165) is 19.4 Å². The van der Waals surface area contributed by atoms with Gasteiger partial charge in [0.15, 0.2) is 5.15 Å². The van der Waals surface area contributed by atoms with Crippen molar-refractivity contribution in [2.45, 2.75) is 50.0 Å². The zero-order valence-electron chi connectivity index (χ0n) is 13.5. The summed E-state index contributed by atoms with van der Waals surface area (Å²) in [6.45, 7) is 1.37. The predicted molar refractivity (Wildman–Crippen MR) is 87.8 cm³/mol. The Bertz CT molecular complexity index is 736. The fourth-order valence-electron chi connectivity index (χ4n) is 3.04. The second kappa shape index (κ2) is 7.35. The van der Waals surface area contributed by atoms with E-state index in [1.807, 2.05) is 0 Å². The Balaban J connectivity index is 0.000000219. The number of nitrogens with two attached hydrogens (primary N) is 1. The number of nitrogen functional groups attached to an aromatic ring is 1. The largest absolute Gasteiger partial charge is 0.391 e. The summed E-state index contributed by atoms with van der Waals surface area (Å²) in [6, 6.07) is 0. The van der Waals surface area contributed by atoms with Crippen LogP contribution in [0.25, 0.3) is 5.52 Å². The lowest BCUT2D eigenvalue weighted by Gasteiger charge is -2.15. The molecule has 2 aromatic rings. The van der Waals surface area contributed by atoms with E-state index in [1.54, 1.807) is 0 Å². The normalized spacial score (nSPS) is 25.6. The van der Waals surface area contributed by atoms with Crippen LogP contribution in [0.15, 0.2) is 6.20 Å². The lowest BCUT2D eigenvalue weighted by atomic mass is 10.1. The Morgan fingerprint density at radius 3 is 2.76 bits per heavy atom. The quantitative estimate of drug-likeness (QED) is 0.794. The standard InChI is InChI=1S/C10H10ClF2N5.C5H10O2/c11-7-6-4-15-9(14)17-18(6)8(16-7)5-1-2-10(12,13)3-5;6-5-2-1-3-7-4-5/h4-5H,1-3H2,(H2,14,17);5-6H,1-4H2. The molecule has 0 aromatic carbocycles. The molecule has 2 fully saturated rings. The summed E-state index contributed by atoms with van der Waals surface area (Å²) in [4.78, 5) is 7.93. The third-order valence-electron chi connectivity index (χ3n) is 4.30. The van der Waals surface area contributed by atoms with Crippen molar-refractivity contribution in [2.24, 2.45) is 0 Å². The number of fused-ring (bicyclic) bond motifs is 1. The van der Waals surface area contributed by atoms with E-state index in [9.17, 15) is 8.78 Å². The van der Waals surface area contributed by atoms with Crippen LogP contribution in [0.2, 0.25) is 5.15 Å². The number of hydrogen-bond donors (Lipinski definition) is 2. The van der Waals surface area contributed by atoms with Gasteiger partial charge >= 0.3 is 0 Å². The van der Waals surface area contributed by atoms with Gasteiger partial charge in [-0.1, -0.05) is 11.6 Å². The van der Waals surface area contributed by atoms with Crippen molar-refractivity contribution in [1.29, 1.82) is 0 Å². The number of ether oxygens (including phenoxy) is 1. The highest BCUT2D eigenvalue weighted by molar-refractivity contribution is 6.32. The molecule has 2 aromatic heterocycles. The van der Waals surface area contributed by atoms with E-state index < -0.39 is 5.92 Å². The summed E-state index contributed by atoms with van der Waals surface area (Å²) in [5.74, 6) is -2.50. The Hall–Kier alpha value is -1.58. The summed E-state index contributed by atoms with van der Waals surface area (Å²) in [5, 5.41) is 13.0. The van der Waals surface area contributed by atoms with Crippen LogP contribution in [0.3, 0.4) is 0 Å². The van der Waals surface area contributed by atoms with Crippen molar-refractivity contribution < 1.29 is 18.6 Å². The van der Waals surface area contributed by atoms with Crippen LogP contribution < -0.4 is 5.73 Å². The molecule has 25 heavy (non-hydrogen) atoms. The minimum Gasteiger partial charge on any atom is -0.391 e. The third-order valence-corrected chi connectivity index (χ3v) is 4.57. The highest BCUT2D eigenvalue weighted by Crippen LogP contribution is 2.44. The molecule has 0 bridgehead atoms. The Morgan fingerprint density at radius 1 is 1.40 bits per heavy atom. The van der Waals surface area contributed by atoms with E-state index in [1.165, 1.54) is 10.7 Å². The number of rotatable bonds is 1. The highest BCUT2D eigenvalue weighted by Gasteiger charge is 2.42. The van der Waals surface area contributed by atoms with Crippen molar-refractivity contribution in [3.8, 4) is 0 Å². The number of hydrogen-bond acceptors (Lipinski definition) is 6. The van der Waals surface area contributed by atoms with E-state index in [-0.39, 0.29) is 36.0 Å². The molecule has 1 aliphatic heterocycles. The maximum atomic E-state index is 13.2. The minimum atomic E-state index is -2.64. The summed E-state index contributed by atoms with van der Waals surface area (Å²) in [7, 11) is 0. The maximum absolute atomic E-state index is 13.2. The first kappa shape index (κ1) is 18.2. The van der Waals surface area contributed by atoms with Gasteiger partial charge < -0.3 is 15.6 Å². The van der Waals surface area contributed by atoms with Crippen LogP contribution >= 0.6 is 11.6 Å². The zero-order valence-corrected chi connectivity index (χ0v) is 14.3. The van der Waals surface area contributed by atoms with E-state index in [2.05, 4.69) is 15.1 Å². The molecule has 1 aliphatic carbocycles. The number of halogens is 3. The van der Waals surface area contributed by atoms with Gasteiger partial charge in [-0.3, -0.25) is 0 Å². The lowest BCUT2D eigenvalue weighted by molar-refractivity contribution is -0.00535. The van der Waals surface area contributed by atoms with Crippen molar-refractivity contribution in [1.82, 2.24) is 19.6 Å². The molecule has 4 rings (SSSR count). The molecular weight excluding hydrogens is 356 g/mol. The topological polar surface area (TPSA) is 98.6 Å². The molecular formula is C15H20ClF2N5O2. The monoisotopic (exact) mass is 375 g/mol. The minimum absolute atomic E-state index is 0.0579. The van der Waals surface area contributed by atoms with Gasteiger partial charge in [0.2, 0.25) is 11.9 Å². The van der Waals surface area contributed by atoms with Gasteiger partial charge in [0.1, 0.15) is 11.3 Å². The van der Waals surface area contributed by atoms with Gasteiger partial charge in [-0.15, -0.1) is 5.10 Å². The molecule has 1 saturated heterocycles. The highest BCUT2D eigenvalue weighted by atomic mass is 35.5. The molecule has 7 nitrogen and oxygen atoms in total. The molecule has 138 valence electrons. The van der Waals surface area contributed by atoms with Crippen LogP contribution in [0.5, 0.6) is 0 Å². The van der Waals surface area contributed by atoms with E-state index in [4.69, 9.17) is 27.2 Å². The van der Waals surface area contributed by atoms with Gasteiger partial charge in [0, 0.05) is 25.4 Å². The van der Waals surface area contributed by atoms with Crippen molar-refractivity contribution in [3.05, 3.63) is 17.2 Å². The number of nitrogens with zero attached hydrogens (tertiary/aromatic N) is 4. The Kier molecular flexibility index (Phi) is 5.35. The molecule has 3 N–H and O–H groups in total. The van der Waals surface area contributed by atoms with Gasteiger partial charge in [-0.2, -0.15) is 0 Å². The summed E-state index contributed by atoms with van der Waals surface area (Å²) >= 11 is 5.94.